The van der Waals surface area contributed by atoms with Gasteiger partial charge in [-0.3, -0.25) is 0 Å². The molecule has 90 valence electrons. The van der Waals surface area contributed by atoms with Gasteiger partial charge < -0.3 is 9.47 Å². The zero-order valence-electron chi connectivity index (χ0n) is 9.80. The molecular formula is C13H14O4. The van der Waals surface area contributed by atoms with Gasteiger partial charge in [0.2, 0.25) is 0 Å². The van der Waals surface area contributed by atoms with E-state index in [0.29, 0.717) is 5.56 Å². The van der Waals surface area contributed by atoms with Gasteiger partial charge in [0.25, 0.3) is 0 Å². The lowest BCUT2D eigenvalue weighted by atomic mass is 10.2. The summed E-state index contributed by atoms with van der Waals surface area (Å²) in [7, 11) is 0. The van der Waals surface area contributed by atoms with E-state index in [-0.39, 0.29) is 12.4 Å². The van der Waals surface area contributed by atoms with E-state index < -0.39 is 11.9 Å². The molecule has 0 radical (unpaired) electrons. The predicted octanol–water partition coefficient (Wildman–Crippen LogP) is 2.31. The van der Waals surface area contributed by atoms with Crippen LogP contribution in [-0.2, 0) is 14.3 Å². The van der Waals surface area contributed by atoms with Gasteiger partial charge in [0, 0.05) is 0 Å². The number of hydrogen-bond donors (Lipinski definition) is 0. The zero-order valence-corrected chi connectivity index (χ0v) is 9.80. The van der Waals surface area contributed by atoms with Crippen LogP contribution in [0.2, 0.25) is 0 Å². The molecule has 0 unspecified atom stereocenters. The van der Waals surface area contributed by atoms with Crippen molar-refractivity contribution >= 4 is 11.9 Å². The Morgan fingerprint density at radius 2 is 1.88 bits per heavy atom. The van der Waals surface area contributed by atoms with Gasteiger partial charge in [0.15, 0.2) is 0 Å². The molecule has 0 aromatic heterocycles. The average molecular weight is 234 g/mol. The van der Waals surface area contributed by atoms with Crippen LogP contribution >= 0.6 is 0 Å². The minimum Gasteiger partial charge on any atom is -0.463 e. The second-order valence-electron chi connectivity index (χ2n) is 3.26. The number of hydrogen-bond acceptors (Lipinski definition) is 4. The summed E-state index contributed by atoms with van der Waals surface area (Å²) in [6.07, 6.45) is 1.14. The smallest absolute Gasteiger partial charge is 0.343 e. The van der Waals surface area contributed by atoms with Crippen molar-refractivity contribution in [2.75, 3.05) is 6.61 Å². The minimum absolute atomic E-state index is 0.206. The van der Waals surface area contributed by atoms with E-state index in [0.717, 1.165) is 6.08 Å². The summed E-state index contributed by atoms with van der Waals surface area (Å²) in [6.45, 7) is 3.52. The molecule has 4 nitrogen and oxygen atoms in total. The molecule has 17 heavy (non-hydrogen) atoms. The third-order valence-electron chi connectivity index (χ3n) is 1.87. The number of allylic oxidation sites excluding steroid dienone is 1. The Kier molecular flexibility index (Phi) is 4.94. The number of benzene rings is 1. The first-order valence-corrected chi connectivity index (χ1v) is 5.25. The average Bonchev–Trinajstić information content (AvgIpc) is 2.30. The van der Waals surface area contributed by atoms with E-state index in [9.17, 15) is 9.59 Å². The highest BCUT2D eigenvalue weighted by Gasteiger charge is 2.08. The number of carbonyl (C=O) groups excluding carboxylic acids is 2. The molecule has 1 aromatic carbocycles. The van der Waals surface area contributed by atoms with E-state index in [1.807, 2.05) is 0 Å². The molecule has 0 aliphatic rings. The Morgan fingerprint density at radius 1 is 1.24 bits per heavy atom. The van der Waals surface area contributed by atoms with E-state index in [1.54, 1.807) is 37.3 Å². The van der Waals surface area contributed by atoms with Crippen LogP contribution in [0.25, 0.3) is 0 Å². The van der Waals surface area contributed by atoms with Crippen molar-refractivity contribution in [2.45, 2.75) is 13.8 Å². The first kappa shape index (κ1) is 13.0. The second kappa shape index (κ2) is 6.48. The summed E-state index contributed by atoms with van der Waals surface area (Å²) in [4.78, 5) is 22.7. The third-order valence-corrected chi connectivity index (χ3v) is 1.87. The molecule has 0 N–H and O–H groups in total. The second-order valence-corrected chi connectivity index (χ2v) is 3.26. The van der Waals surface area contributed by atoms with E-state index in [2.05, 4.69) is 0 Å². The maximum atomic E-state index is 11.6. The fourth-order valence-electron chi connectivity index (χ4n) is 1.16. The van der Waals surface area contributed by atoms with Crippen molar-refractivity contribution in [1.82, 2.24) is 0 Å². The zero-order chi connectivity index (χ0) is 12.7. The van der Waals surface area contributed by atoms with E-state index in [4.69, 9.17) is 9.47 Å². The van der Waals surface area contributed by atoms with Gasteiger partial charge in [0.1, 0.15) is 5.76 Å². The maximum Gasteiger partial charge on any atom is 0.343 e. The van der Waals surface area contributed by atoms with Crippen LogP contribution in [0.15, 0.2) is 42.2 Å². The minimum atomic E-state index is -0.522. The predicted molar refractivity (Wildman–Crippen MR) is 62.2 cm³/mol. The quantitative estimate of drug-likeness (QED) is 0.455. The highest BCUT2D eigenvalue weighted by molar-refractivity contribution is 5.90. The highest BCUT2D eigenvalue weighted by Crippen LogP contribution is 2.05. The van der Waals surface area contributed by atoms with Crippen molar-refractivity contribution in [2.24, 2.45) is 0 Å². The van der Waals surface area contributed by atoms with Crippen molar-refractivity contribution in [1.29, 1.82) is 0 Å². The SMILES string of the molecule is CCOC(=O)/C=C(/C)OC(=O)c1ccccc1. The van der Waals surface area contributed by atoms with Crippen LogP contribution in [0.3, 0.4) is 0 Å². The lowest BCUT2D eigenvalue weighted by Gasteiger charge is -2.04. The molecule has 1 rings (SSSR count). The molecule has 0 saturated carbocycles. The largest absolute Gasteiger partial charge is 0.463 e. The Morgan fingerprint density at radius 3 is 2.47 bits per heavy atom. The fourth-order valence-corrected chi connectivity index (χ4v) is 1.16. The van der Waals surface area contributed by atoms with Crippen molar-refractivity contribution in [3.05, 3.63) is 47.7 Å². The summed E-state index contributed by atoms with van der Waals surface area (Å²) in [5, 5.41) is 0. The van der Waals surface area contributed by atoms with Crippen molar-refractivity contribution < 1.29 is 19.1 Å². The summed E-state index contributed by atoms with van der Waals surface area (Å²) in [6, 6.07) is 8.56. The molecule has 0 atom stereocenters. The lowest BCUT2D eigenvalue weighted by Crippen LogP contribution is -2.06. The molecular weight excluding hydrogens is 220 g/mol. The standard InChI is InChI=1S/C13H14O4/c1-3-16-12(14)9-10(2)17-13(15)11-7-5-4-6-8-11/h4-9H,3H2,1-2H3/b10-9-. The van der Waals surface area contributed by atoms with Crippen LogP contribution in [0, 0.1) is 0 Å². The van der Waals surface area contributed by atoms with E-state index in [1.165, 1.54) is 6.92 Å². The molecule has 0 aliphatic heterocycles. The summed E-state index contributed by atoms with van der Waals surface area (Å²) < 4.78 is 9.67. The molecule has 0 heterocycles. The third kappa shape index (κ3) is 4.51. The number of carbonyl (C=O) groups is 2. The van der Waals surface area contributed by atoms with Crippen LogP contribution in [0.1, 0.15) is 24.2 Å². The number of esters is 2. The summed E-state index contributed by atoms with van der Waals surface area (Å²) in [5.74, 6) is -0.813. The van der Waals surface area contributed by atoms with Crippen molar-refractivity contribution in [3.63, 3.8) is 0 Å². The van der Waals surface area contributed by atoms with Gasteiger partial charge in [-0.2, -0.15) is 0 Å². The Labute approximate surface area is 99.8 Å². The van der Waals surface area contributed by atoms with Gasteiger partial charge in [0.05, 0.1) is 18.2 Å². The van der Waals surface area contributed by atoms with Gasteiger partial charge in [-0.25, -0.2) is 9.59 Å². The first-order chi connectivity index (χ1) is 8.13. The maximum absolute atomic E-state index is 11.6. The number of ether oxygens (including phenoxy) is 2. The van der Waals surface area contributed by atoms with Gasteiger partial charge >= 0.3 is 11.9 Å². The fraction of sp³-hybridized carbons (Fsp3) is 0.231. The summed E-state index contributed by atoms with van der Waals surface area (Å²) in [5.41, 5.74) is 0.434. The molecule has 1 aromatic rings. The molecule has 0 saturated heterocycles. The number of rotatable bonds is 4. The Hall–Kier alpha value is -2.10. The van der Waals surface area contributed by atoms with Crippen LogP contribution in [0.4, 0.5) is 0 Å². The van der Waals surface area contributed by atoms with Crippen LogP contribution < -0.4 is 0 Å². The normalized spacial score (nSPS) is 10.8. The Bertz CT molecular complexity index is 420. The monoisotopic (exact) mass is 234 g/mol. The van der Waals surface area contributed by atoms with E-state index >= 15 is 0 Å². The van der Waals surface area contributed by atoms with Gasteiger partial charge in [-0.1, -0.05) is 18.2 Å². The van der Waals surface area contributed by atoms with Crippen molar-refractivity contribution in [3.8, 4) is 0 Å². The lowest BCUT2D eigenvalue weighted by molar-refractivity contribution is -0.137. The topological polar surface area (TPSA) is 52.6 Å². The molecule has 0 aliphatic carbocycles. The molecule has 0 fully saturated rings. The van der Waals surface area contributed by atoms with Crippen LogP contribution in [0.5, 0.6) is 0 Å². The molecule has 0 spiro atoms. The van der Waals surface area contributed by atoms with Gasteiger partial charge in [-0.15, -0.1) is 0 Å². The molecule has 0 bridgehead atoms. The molecule has 0 amide bonds. The first-order valence-electron chi connectivity index (χ1n) is 5.25. The molecule has 4 heteroatoms. The van der Waals surface area contributed by atoms with Crippen LogP contribution in [-0.4, -0.2) is 18.5 Å². The highest BCUT2D eigenvalue weighted by atomic mass is 16.5. The van der Waals surface area contributed by atoms with Gasteiger partial charge in [-0.05, 0) is 26.0 Å². The Balaban J connectivity index is 2.60. The summed E-state index contributed by atoms with van der Waals surface area (Å²) >= 11 is 0.